The van der Waals surface area contributed by atoms with E-state index in [9.17, 15) is 14.7 Å². The smallest absolute Gasteiger partial charge is 0.337 e. The summed E-state index contributed by atoms with van der Waals surface area (Å²) < 4.78 is 1.55. The molecule has 7 heteroatoms. The summed E-state index contributed by atoms with van der Waals surface area (Å²) in [5, 5.41) is 20.0. The van der Waals surface area contributed by atoms with Gasteiger partial charge in [0.2, 0.25) is 5.91 Å². The van der Waals surface area contributed by atoms with Gasteiger partial charge in [0, 0.05) is 12.5 Å². The summed E-state index contributed by atoms with van der Waals surface area (Å²) in [5.74, 6) is -0.988. The van der Waals surface area contributed by atoms with Crippen LogP contribution in [0.25, 0.3) is 11.0 Å². The van der Waals surface area contributed by atoms with Gasteiger partial charge in [-0.1, -0.05) is 11.3 Å². The molecule has 0 bridgehead atoms. The molecule has 1 unspecified atom stereocenters. The summed E-state index contributed by atoms with van der Waals surface area (Å²) in [7, 11) is 0. The number of aromatic carboxylic acids is 1. The van der Waals surface area contributed by atoms with E-state index in [1.165, 1.54) is 6.07 Å². The van der Waals surface area contributed by atoms with Crippen molar-refractivity contribution in [3.63, 3.8) is 0 Å². The van der Waals surface area contributed by atoms with E-state index < -0.39 is 5.97 Å². The molecule has 1 saturated heterocycles. The number of hydrogen-bond acceptors (Lipinski definition) is 4. The molecule has 1 fully saturated rings. The molecular formula is C12H12N4O3. The van der Waals surface area contributed by atoms with E-state index in [0.29, 0.717) is 24.0 Å². The molecular weight excluding hydrogens is 248 g/mol. The largest absolute Gasteiger partial charge is 0.478 e. The van der Waals surface area contributed by atoms with Crippen LogP contribution in [0, 0.1) is 0 Å². The zero-order valence-electron chi connectivity index (χ0n) is 10.0. The van der Waals surface area contributed by atoms with Crippen LogP contribution in [0.2, 0.25) is 0 Å². The number of carbonyl (C=O) groups is 2. The number of fused-ring (bicyclic) bond motifs is 1. The predicted octanol–water partition coefficient (Wildman–Crippen LogP) is 0.408. The maximum atomic E-state index is 11.2. The van der Waals surface area contributed by atoms with Gasteiger partial charge in [0.25, 0.3) is 0 Å². The monoisotopic (exact) mass is 260 g/mol. The Morgan fingerprint density at radius 3 is 3.05 bits per heavy atom. The third-order valence-electron chi connectivity index (χ3n) is 3.24. The highest BCUT2D eigenvalue weighted by Crippen LogP contribution is 2.18. The number of para-hydroxylation sites is 1. The molecule has 0 radical (unpaired) electrons. The number of carbonyl (C=O) groups excluding carboxylic acids is 1. The first kappa shape index (κ1) is 11.6. The second-order valence-electron chi connectivity index (χ2n) is 4.55. The second-order valence-corrected chi connectivity index (χ2v) is 4.55. The van der Waals surface area contributed by atoms with Crippen LogP contribution in [0.15, 0.2) is 18.2 Å². The Kier molecular flexibility index (Phi) is 2.66. The highest BCUT2D eigenvalue weighted by molar-refractivity contribution is 6.00. The zero-order chi connectivity index (χ0) is 13.4. The number of amides is 1. The number of hydrogen-bond donors (Lipinski definition) is 2. The van der Waals surface area contributed by atoms with E-state index in [2.05, 4.69) is 15.6 Å². The van der Waals surface area contributed by atoms with Gasteiger partial charge < -0.3 is 10.4 Å². The molecule has 1 atom stereocenters. The van der Waals surface area contributed by atoms with E-state index in [1.807, 2.05) is 0 Å². The predicted molar refractivity (Wildman–Crippen MR) is 65.7 cm³/mol. The molecule has 1 aromatic heterocycles. The Morgan fingerprint density at radius 1 is 1.53 bits per heavy atom. The van der Waals surface area contributed by atoms with Gasteiger partial charge in [-0.25, -0.2) is 9.48 Å². The van der Waals surface area contributed by atoms with Crippen molar-refractivity contribution in [3.8, 4) is 0 Å². The molecule has 0 aliphatic carbocycles. The van der Waals surface area contributed by atoms with Crippen LogP contribution < -0.4 is 5.32 Å². The summed E-state index contributed by atoms with van der Waals surface area (Å²) in [6.45, 7) is 0.437. The van der Waals surface area contributed by atoms with Crippen molar-refractivity contribution in [3.05, 3.63) is 23.8 Å². The summed E-state index contributed by atoms with van der Waals surface area (Å²) in [4.78, 5) is 22.4. The van der Waals surface area contributed by atoms with Crippen LogP contribution in [-0.2, 0) is 11.3 Å². The van der Waals surface area contributed by atoms with Gasteiger partial charge in [-0.2, -0.15) is 0 Å². The highest BCUT2D eigenvalue weighted by Gasteiger charge is 2.23. The average Bonchev–Trinajstić information content (AvgIpc) is 2.97. The summed E-state index contributed by atoms with van der Waals surface area (Å²) >= 11 is 0. The van der Waals surface area contributed by atoms with Crippen molar-refractivity contribution < 1.29 is 14.7 Å². The van der Waals surface area contributed by atoms with Crippen LogP contribution in [-0.4, -0.2) is 38.0 Å². The van der Waals surface area contributed by atoms with Gasteiger partial charge in [-0.05, 0) is 18.6 Å². The molecule has 0 spiro atoms. The SMILES string of the molecule is O=C1CCC(Cn2nnc3cccc(C(=O)O)c32)N1. The van der Waals surface area contributed by atoms with Crippen molar-refractivity contribution in [1.29, 1.82) is 0 Å². The molecule has 2 N–H and O–H groups in total. The fourth-order valence-corrected chi connectivity index (χ4v) is 2.35. The zero-order valence-corrected chi connectivity index (χ0v) is 10.0. The number of nitrogens with one attached hydrogen (secondary N) is 1. The molecule has 19 heavy (non-hydrogen) atoms. The minimum absolute atomic E-state index is 0.0146. The van der Waals surface area contributed by atoms with Gasteiger partial charge in [0.05, 0.1) is 12.1 Å². The van der Waals surface area contributed by atoms with Crippen LogP contribution in [0.5, 0.6) is 0 Å². The Morgan fingerprint density at radius 2 is 2.37 bits per heavy atom. The minimum Gasteiger partial charge on any atom is -0.478 e. The van der Waals surface area contributed by atoms with Crippen molar-refractivity contribution in [1.82, 2.24) is 20.3 Å². The molecule has 1 aromatic carbocycles. The molecule has 3 rings (SSSR count). The number of aromatic nitrogens is 3. The molecule has 98 valence electrons. The highest BCUT2D eigenvalue weighted by atomic mass is 16.4. The van der Waals surface area contributed by atoms with Crippen molar-refractivity contribution in [2.75, 3.05) is 0 Å². The van der Waals surface area contributed by atoms with Gasteiger partial charge in [-0.3, -0.25) is 4.79 Å². The third kappa shape index (κ3) is 2.03. The maximum Gasteiger partial charge on any atom is 0.337 e. The quantitative estimate of drug-likeness (QED) is 0.833. The normalized spacial score (nSPS) is 18.7. The standard InChI is InChI=1S/C12H12N4O3/c17-10-5-4-7(13-10)6-16-11-8(12(18)19)2-1-3-9(11)14-15-16/h1-3,7H,4-6H2,(H,13,17)(H,18,19). The fourth-order valence-electron chi connectivity index (χ4n) is 2.35. The molecule has 1 aliphatic heterocycles. The lowest BCUT2D eigenvalue weighted by atomic mass is 10.1. The summed E-state index contributed by atoms with van der Waals surface area (Å²) in [6, 6.07) is 4.87. The lowest BCUT2D eigenvalue weighted by Crippen LogP contribution is -2.30. The number of rotatable bonds is 3. The first-order valence-electron chi connectivity index (χ1n) is 6.00. The molecule has 7 nitrogen and oxygen atoms in total. The number of carboxylic acid groups (broad SMARTS) is 1. The molecule has 0 saturated carbocycles. The first-order chi connectivity index (χ1) is 9.15. The summed E-state index contributed by atoms with van der Waals surface area (Å²) in [6.07, 6.45) is 1.23. The Labute approximate surface area is 108 Å². The Balaban J connectivity index is 1.99. The van der Waals surface area contributed by atoms with Gasteiger partial charge in [0.1, 0.15) is 11.0 Å². The molecule has 2 heterocycles. The van der Waals surface area contributed by atoms with Crippen LogP contribution in [0.3, 0.4) is 0 Å². The van der Waals surface area contributed by atoms with Crippen LogP contribution in [0.4, 0.5) is 0 Å². The van der Waals surface area contributed by atoms with Gasteiger partial charge in [-0.15, -0.1) is 5.10 Å². The van der Waals surface area contributed by atoms with E-state index >= 15 is 0 Å². The lowest BCUT2D eigenvalue weighted by molar-refractivity contribution is -0.119. The fraction of sp³-hybridized carbons (Fsp3) is 0.333. The van der Waals surface area contributed by atoms with E-state index in [0.717, 1.165) is 6.42 Å². The maximum absolute atomic E-state index is 11.2. The molecule has 1 amide bonds. The van der Waals surface area contributed by atoms with Crippen molar-refractivity contribution in [2.24, 2.45) is 0 Å². The topological polar surface area (TPSA) is 97.1 Å². The van der Waals surface area contributed by atoms with Crippen molar-refractivity contribution >= 4 is 22.9 Å². The number of carboxylic acids is 1. The number of nitrogens with zero attached hydrogens (tertiary/aromatic N) is 3. The molecule has 2 aromatic rings. The Bertz CT molecular complexity index is 664. The first-order valence-corrected chi connectivity index (χ1v) is 6.00. The number of benzene rings is 1. The Hall–Kier alpha value is -2.44. The minimum atomic E-state index is -1.01. The van der Waals surface area contributed by atoms with Crippen LogP contribution in [0.1, 0.15) is 23.2 Å². The van der Waals surface area contributed by atoms with Crippen LogP contribution >= 0.6 is 0 Å². The molecule has 1 aliphatic rings. The second kappa shape index (κ2) is 4.34. The lowest BCUT2D eigenvalue weighted by Gasteiger charge is -2.10. The van der Waals surface area contributed by atoms with Gasteiger partial charge >= 0.3 is 5.97 Å². The average molecular weight is 260 g/mol. The van der Waals surface area contributed by atoms with E-state index in [1.54, 1.807) is 16.8 Å². The summed E-state index contributed by atoms with van der Waals surface area (Å²) in [5.41, 5.74) is 1.21. The third-order valence-corrected chi connectivity index (χ3v) is 3.24. The van der Waals surface area contributed by atoms with E-state index in [-0.39, 0.29) is 17.5 Å². The van der Waals surface area contributed by atoms with Gasteiger partial charge in [0.15, 0.2) is 0 Å². The van der Waals surface area contributed by atoms with Crippen molar-refractivity contribution in [2.45, 2.75) is 25.4 Å². The van der Waals surface area contributed by atoms with E-state index in [4.69, 9.17) is 0 Å².